The number of para-hydroxylation sites is 1. The van der Waals surface area contributed by atoms with Crippen LogP contribution in [0, 0.1) is 5.82 Å². The highest BCUT2D eigenvalue weighted by Crippen LogP contribution is 2.17. The minimum absolute atomic E-state index is 0.0933. The summed E-state index contributed by atoms with van der Waals surface area (Å²) in [5.41, 5.74) is 6.04. The smallest absolute Gasteiger partial charge is 0.324 e. The second kappa shape index (κ2) is 4.74. The zero-order valence-corrected chi connectivity index (χ0v) is 9.64. The molecule has 0 aliphatic heterocycles. The highest BCUT2D eigenvalue weighted by Gasteiger charge is 2.10. The van der Waals surface area contributed by atoms with E-state index in [-0.39, 0.29) is 5.69 Å². The van der Waals surface area contributed by atoms with Crippen LogP contribution in [-0.2, 0) is 7.05 Å². The maximum atomic E-state index is 13.3. The van der Waals surface area contributed by atoms with Crippen LogP contribution in [-0.4, -0.2) is 15.8 Å². The van der Waals surface area contributed by atoms with Crippen LogP contribution in [0.25, 0.3) is 0 Å². The minimum Gasteiger partial charge on any atom is -0.394 e. The van der Waals surface area contributed by atoms with E-state index in [4.69, 9.17) is 5.73 Å². The summed E-state index contributed by atoms with van der Waals surface area (Å²) in [4.78, 5) is 11.7. The van der Waals surface area contributed by atoms with E-state index in [0.717, 1.165) is 0 Å². The van der Waals surface area contributed by atoms with Gasteiger partial charge in [-0.3, -0.25) is 10.00 Å². The number of carbonyl (C=O) groups is 1. The molecule has 0 saturated carbocycles. The van der Waals surface area contributed by atoms with Gasteiger partial charge >= 0.3 is 6.03 Å². The number of urea groups is 1. The van der Waals surface area contributed by atoms with Gasteiger partial charge in [-0.15, -0.1) is 0 Å². The highest BCUT2D eigenvalue weighted by atomic mass is 19.1. The molecule has 0 spiro atoms. The van der Waals surface area contributed by atoms with E-state index in [9.17, 15) is 9.18 Å². The Morgan fingerprint density at radius 3 is 2.72 bits per heavy atom. The largest absolute Gasteiger partial charge is 0.394 e. The van der Waals surface area contributed by atoms with Crippen molar-refractivity contribution in [3.05, 3.63) is 36.3 Å². The van der Waals surface area contributed by atoms with Crippen molar-refractivity contribution in [1.29, 1.82) is 0 Å². The Hall–Kier alpha value is -2.57. The van der Waals surface area contributed by atoms with E-state index in [1.165, 1.54) is 29.1 Å². The summed E-state index contributed by atoms with van der Waals surface area (Å²) in [7, 11) is 1.63. The number of nitrogens with zero attached hydrogens (tertiary/aromatic N) is 2. The lowest BCUT2D eigenvalue weighted by Gasteiger charge is -2.08. The first-order valence-electron chi connectivity index (χ1n) is 5.18. The standard InChI is InChI=1S/C11H12FN5O/c1-17-10(8(13)6-14-17)16-11(18)15-9-5-3-2-4-7(9)12/h2-6H,13H2,1H3,(H2,15,16,18). The molecular weight excluding hydrogens is 237 g/mol. The molecule has 0 saturated heterocycles. The van der Waals surface area contributed by atoms with Gasteiger partial charge < -0.3 is 11.1 Å². The van der Waals surface area contributed by atoms with E-state index < -0.39 is 11.8 Å². The summed E-state index contributed by atoms with van der Waals surface area (Å²) in [6.45, 7) is 0. The number of nitrogens with two attached hydrogens (primary N) is 1. The van der Waals surface area contributed by atoms with Crippen LogP contribution in [0.2, 0.25) is 0 Å². The molecule has 2 rings (SSSR count). The lowest BCUT2D eigenvalue weighted by molar-refractivity contribution is 0.262. The molecule has 4 N–H and O–H groups in total. The van der Waals surface area contributed by atoms with Crippen LogP contribution in [0.4, 0.5) is 26.4 Å². The number of anilines is 3. The van der Waals surface area contributed by atoms with Crippen molar-refractivity contribution in [3.63, 3.8) is 0 Å². The van der Waals surface area contributed by atoms with Gasteiger partial charge in [-0.25, -0.2) is 9.18 Å². The number of nitrogen functional groups attached to an aromatic ring is 1. The fourth-order valence-corrected chi connectivity index (χ4v) is 1.43. The van der Waals surface area contributed by atoms with Crippen molar-refractivity contribution >= 4 is 23.2 Å². The van der Waals surface area contributed by atoms with Gasteiger partial charge in [-0.1, -0.05) is 12.1 Å². The quantitative estimate of drug-likeness (QED) is 0.758. The van der Waals surface area contributed by atoms with E-state index in [1.807, 2.05) is 0 Å². The van der Waals surface area contributed by atoms with Gasteiger partial charge in [0.1, 0.15) is 5.82 Å². The van der Waals surface area contributed by atoms with Crippen LogP contribution >= 0.6 is 0 Å². The van der Waals surface area contributed by atoms with Crippen molar-refractivity contribution in [2.45, 2.75) is 0 Å². The van der Waals surface area contributed by atoms with Crippen LogP contribution < -0.4 is 16.4 Å². The average Bonchev–Trinajstić information content (AvgIpc) is 2.64. The monoisotopic (exact) mass is 249 g/mol. The summed E-state index contributed by atoms with van der Waals surface area (Å²) in [5.74, 6) is -0.158. The van der Waals surface area contributed by atoms with Crippen LogP contribution in [0.5, 0.6) is 0 Å². The van der Waals surface area contributed by atoms with Gasteiger partial charge in [0.05, 0.1) is 17.6 Å². The molecule has 1 aromatic heterocycles. The van der Waals surface area contributed by atoms with Crippen molar-refractivity contribution in [1.82, 2.24) is 9.78 Å². The number of aryl methyl sites for hydroxylation is 1. The molecule has 94 valence electrons. The average molecular weight is 249 g/mol. The molecule has 1 aromatic carbocycles. The Morgan fingerprint density at radius 2 is 2.11 bits per heavy atom. The third-order valence-corrected chi connectivity index (χ3v) is 2.32. The fourth-order valence-electron chi connectivity index (χ4n) is 1.43. The van der Waals surface area contributed by atoms with Gasteiger partial charge in [-0.2, -0.15) is 5.10 Å². The SMILES string of the molecule is Cn1ncc(N)c1NC(=O)Nc1ccccc1F. The molecule has 1 heterocycles. The Labute approximate surface area is 103 Å². The molecule has 0 bridgehead atoms. The molecule has 0 fully saturated rings. The molecule has 0 radical (unpaired) electrons. The zero-order chi connectivity index (χ0) is 13.1. The molecule has 2 aromatic rings. The molecular formula is C11H12FN5O. The van der Waals surface area contributed by atoms with Crippen molar-refractivity contribution < 1.29 is 9.18 Å². The van der Waals surface area contributed by atoms with E-state index >= 15 is 0 Å². The number of carbonyl (C=O) groups excluding carboxylic acids is 1. The first-order valence-corrected chi connectivity index (χ1v) is 5.18. The normalized spacial score (nSPS) is 10.1. The number of hydrogen-bond donors (Lipinski definition) is 3. The Bertz CT molecular complexity index is 561. The molecule has 0 aliphatic rings. The Morgan fingerprint density at radius 1 is 1.39 bits per heavy atom. The maximum Gasteiger partial charge on any atom is 0.324 e. The molecule has 6 nitrogen and oxygen atoms in total. The first-order chi connectivity index (χ1) is 8.58. The maximum absolute atomic E-state index is 13.3. The number of halogens is 1. The number of aromatic nitrogens is 2. The number of benzene rings is 1. The summed E-state index contributed by atoms with van der Waals surface area (Å²) < 4.78 is 14.7. The molecule has 2 amide bonds. The fraction of sp³-hybridized carbons (Fsp3) is 0.0909. The molecule has 0 atom stereocenters. The van der Waals surface area contributed by atoms with Gasteiger partial charge in [0.15, 0.2) is 5.82 Å². The molecule has 18 heavy (non-hydrogen) atoms. The van der Waals surface area contributed by atoms with E-state index in [2.05, 4.69) is 15.7 Å². The lowest BCUT2D eigenvalue weighted by Crippen LogP contribution is -2.22. The number of nitrogens with one attached hydrogen (secondary N) is 2. The van der Waals surface area contributed by atoms with Crippen molar-refractivity contribution in [3.8, 4) is 0 Å². The third-order valence-electron chi connectivity index (χ3n) is 2.32. The topological polar surface area (TPSA) is 85.0 Å². The molecule has 0 aliphatic carbocycles. The molecule has 0 unspecified atom stereocenters. The van der Waals surface area contributed by atoms with Crippen LogP contribution in [0.1, 0.15) is 0 Å². The summed E-state index contributed by atoms with van der Waals surface area (Å²) in [6.07, 6.45) is 1.42. The predicted octanol–water partition coefficient (Wildman–Crippen LogP) is 1.79. The third kappa shape index (κ3) is 2.40. The lowest BCUT2D eigenvalue weighted by atomic mass is 10.3. The van der Waals surface area contributed by atoms with E-state index in [0.29, 0.717) is 11.5 Å². The Kier molecular flexibility index (Phi) is 3.13. The summed E-state index contributed by atoms with van der Waals surface area (Å²) in [5, 5.41) is 8.74. The summed E-state index contributed by atoms with van der Waals surface area (Å²) >= 11 is 0. The van der Waals surface area contributed by atoms with Gasteiger partial charge in [0, 0.05) is 7.05 Å². The zero-order valence-electron chi connectivity index (χ0n) is 9.64. The van der Waals surface area contributed by atoms with Gasteiger partial charge in [0.2, 0.25) is 0 Å². The van der Waals surface area contributed by atoms with Gasteiger partial charge in [0.25, 0.3) is 0 Å². The number of amides is 2. The minimum atomic E-state index is -0.588. The van der Waals surface area contributed by atoms with Gasteiger partial charge in [-0.05, 0) is 12.1 Å². The van der Waals surface area contributed by atoms with E-state index in [1.54, 1.807) is 13.1 Å². The molecule has 7 heteroatoms. The second-order valence-electron chi connectivity index (χ2n) is 3.63. The second-order valence-corrected chi connectivity index (χ2v) is 3.63. The van der Waals surface area contributed by atoms with Crippen molar-refractivity contribution in [2.75, 3.05) is 16.4 Å². The van der Waals surface area contributed by atoms with Crippen molar-refractivity contribution in [2.24, 2.45) is 7.05 Å². The summed E-state index contributed by atoms with van der Waals surface area (Å²) in [6, 6.07) is 5.29. The number of hydrogen-bond acceptors (Lipinski definition) is 3. The first kappa shape index (κ1) is 11.9. The van der Waals surface area contributed by atoms with Crippen LogP contribution in [0.15, 0.2) is 30.5 Å². The highest BCUT2D eigenvalue weighted by molar-refractivity contribution is 6.00. The van der Waals surface area contributed by atoms with Crippen LogP contribution in [0.3, 0.4) is 0 Å². The predicted molar refractivity (Wildman–Crippen MR) is 66.7 cm³/mol. The number of rotatable bonds is 2. The Balaban J connectivity index is 2.08.